The van der Waals surface area contributed by atoms with Crippen LogP contribution >= 0.6 is 0 Å². The van der Waals surface area contributed by atoms with E-state index in [1.54, 1.807) is 33.9 Å². The van der Waals surface area contributed by atoms with Gasteiger partial charge < -0.3 is 39.3 Å². The van der Waals surface area contributed by atoms with Crippen LogP contribution in [0, 0.1) is 17.3 Å². The number of rotatable bonds is 7. The minimum absolute atomic E-state index is 0. The molecule has 5 aliphatic rings. The zero-order valence-corrected chi connectivity index (χ0v) is 35.0. The van der Waals surface area contributed by atoms with E-state index in [4.69, 9.17) is 24.2 Å². The van der Waals surface area contributed by atoms with E-state index in [1.807, 2.05) is 12.1 Å². The Bertz CT molecular complexity index is 1970. The third-order valence-corrected chi connectivity index (χ3v) is 12.9. The first kappa shape index (κ1) is 41.2. The zero-order chi connectivity index (χ0) is 38.6. The van der Waals surface area contributed by atoms with Crippen molar-refractivity contribution in [3.63, 3.8) is 0 Å². The molecule has 3 heterocycles. The molecule has 4 amide bonds. The molecule has 1 saturated heterocycles. The molecule has 7 rings (SSSR count). The summed E-state index contributed by atoms with van der Waals surface area (Å²) in [4.78, 5) is 66.7. The number of nitrogens with zero attached hydrogens (tertiary/aromatic N) is 4. The molecule has 55 heavy (non-hydrogen) atoms. The van der Waals surface area contributed by atoms with Gasteiger partial charge in [-0.15, -0.1) is 6.58 Å². The number of nitrogens with one attached hydrogen (secondary N) is 2. The van der Waals surface area contributed by atoms with Crippen molar-refractivity contribution in [3.8, 4) is 11.6 Å². The number of ether oxygens (including phenoxy) is 3. The van der Waals surface area contributed by atoms with Gasteiger partial charge in [0.05, 0.1) is 46.2 Å². The summed E-state index contributed by atoms with van der Waals surface area (Å²) in [5, 5.41) is 4.87. The predicted molar refractivity (Wildman–Crippen MR) is 197 cm³/mol. The van der Waals surface area contributed by atoms with Gasteiger partial charge in [0, 0.05) is 23.7 Å². The molecular formula is C38H49N6NaO9S. The monoisotopic (exact) mass is 788 g/mol. The molecular weight excluding hydrogens is 740 g/mol. The number of hydrogen-bond acceptors (Lipinski definition) is 11. The Hall–Kier alpha value is -3.47. The molecule has 4 unspecified atom stereocenters. The number of methoxy groups -OCH3 is 1. The van der Waals surface area contributed by atoms with Crippen LogP contribution in [0.5, 0.6) is 11.6 Å². The number of carbonyl (C=O) groups excluding carboxylic acids is 4. The van der Waals surface area contributed by atoms with Crippen LogP contribution in [0.25, 0.3) is 15.8 Å². The maximum absolute atomic E-state index is 14.6. The molecule has 3 saturated carbocycles. The summed E-state index contributed by atoms with van der Waals surface area (Å²) in [5.74, 6) is -1.59. The van der Waals surface area contributed by atoms with Crippen LogP contribution in [0.15, 0.2) is 30.9 Å². The average Bonchev–Trinajstić information content (AvgIpc) is 4.04. The van der Waals surface area contributed by atoms with Gasteiger partial charge in [-0.2, -0.15) is 0 Å². The molecule has 2 aromatic rings. The van der Waals surface area contributed by atoms with Crippen molar-refractivity contribution < 1.29 is 71.4 Å². The second-order valence-electron chi connectivity index (χ2n) is 16.4. The summed E-state index contributed by atoms with van der Waals surface area (Å²) in [6, 6.07) is 3.17. The number of carbonyl (C=O) groups is 4. The van der Waals surface area contributed by atoms with E-state index < -0.39 is 74.1 Å². The van der Waals surface area contributed by atoms with E-state index >= 15 is 0 Å². The Morgan fingerprint density at radius 3 is 2.53 bits per heavy atom. The Morgan fingerprint density at radius 1 is 1.09 bits per heavy atom. The normalized spacial score (nSPS) is 29.7. The van der Waals surface area contributed by atoms with Crippen LogP contribution in [0.4, 0.5) is 4.79 Å². The summed E-state index contributed by atoms with van der Waals surface area (Å²) in [6.45, 7) is 9.14. The SMILES string of the molecule is C=C[C@@H]1C[C@]1(NC(=O)C1CC2CN1C(=O)C(C(C)(C)C)NC(=O)OC1C[C@H]1CCCCCc1nc3ccc(OC)cc3nc1O2)C(=O)[N-]S(=O)(=O)C1CC1.[Na+]. The molecule has 1 aromatic carbocycles. The molecule has 1 aromatic heterocycles. The molecule has 17 heteroatoms. The second kappa shape index (κ2) is 15.8. The molecule has 2 bridgehead atoms. The van der Waals surface area contributed by atoms with Crippen LogP contribution in [0.1, 0.15) is 84.3 Å². The first-order chi connectivity index (χ1) is 25.6. The molecule has 0 radical (unpaired) electrons. The summed E-state index contributed by atoms with van der Waals surface area (Å²) >= 11 is 0. The molecule has 15 nitrogen and oxygen atoms in total. The van der Waals surface area contributed by atoms with Crippen molar-refractivity contribution in [1.29, 1.82) is 0 Å². The number of fused-ring (bicyclic) bond motifs is 5. The van der Waals surface area contributed by atoms with Crippen LogP contribution in [0.2, 0.25) is 0 Å². The predicted octanol–water partition coefficient (Wildman–Crippen LogP) is 1.09. The van der Waals surface area contributed by atoms with Gasteiger partial charge in [0.2, 0.25) is 17.7 Å². The van der Waals surface area contributed by atoms with E-state index in [0.717, 1.165) is 32.1 Å². The third-order valence-electron chi connectivity index (χ3n) is 11.2. The van der Waals surface area contributed by atoms with Crippen molar-refractivity contribution in [3.05, 3.63) is 41.3 Å². The van der Waals surface area contributed by atoms with Crippen LogP contribution in [0.3, 0.4) is 0 Å². The fourth-order valence-electron chi connectivity index (χ4n) is 7.58. The molecule has 0 spiro atoms. The van der Waals surface area contributed by atoms with Crippen LogP contribution < -0.4 is 49.7 Å². The maximum Gasteiger partial charge on any atom is 1.00 e. The van der Waals surface area contributed by atoms with Crippen LogP contribution in [-0.4, -0.2) is 95.8 Å². The number of aromatic nitrogens is 2. The maximum atomic E-state index is 14.6. The van der Waals surface area contributed by atoms with Gasteiger partial charge in [-0.25, -0.2) is 23.2 Å². The number of hydrogen-bond donors (Lipinski definition) is 2. The number of benzene rings is 1. The molecule has 3 aliphatic carbocycles. The topological polar surface area (TPSA) is 197 Å². The van der Waals surface area contributed by atoms with Crippen molar-refractivity contribution in [2.45, 2.75) is 120 Å². The molecule has 4 fully saturated rings. The molecule has 292 valence electrons. The number of aryl methyl sites for hydroxylation is 1. The van der Waals surface area contributed by atoms with Crippen molar-refractivity contribution >= 4 is 44.9 Å². The Kier molecular flexibility index (Phi) is 11.8. The standard InChI is InChI=1S/C38H50N6O9S.Na/c1-6-22-19-38(22,35(47)43-54(49,50)25-13-14-25)42-32(45)29-18-24-20-44(29)34(46)31(37(2,3)4)41-36(48)53-30-16-21(30)10-8-7-9-11-27-33(52-24)40-28-17-23(51-5)12-15-26(28)39-27;/h6,12,15,17,21-22,24-25,29-31H,1,7-11,13-14,16,18-20H2,2-5H3,(H3,41,42,43,45,47,48);/q;+1/p-1/t21-,22-,24?,29?,30?,31?,38-;/m1./s1. The van der Waals surface area contributed by atoms with E-state index in [2.05, 4.69) is 21.9 Å². The number of alkyl carbamates (subject to hydrolysis) is 1. The summed E-state index contributed by atoms with van der Waals surface area (Å²) < 4.78 is 46.6. The van der Waals surface area contributed by atoms with Crippen LogP contribution in [-0.2, 0) is 35.6 Å². The van der Waals surface area contributed by atoms with Gasteiger partial charge in [-0.3, -0.25) is 9.59 Å². The summed E-state index contributed by atoms with van der Waals surface area (Å²) in [7, 11) is -2.46. The smallest absolute Gasteiger partial charge is 0.544 e. The second-order valence-corrected chi connectivity index (χ2v) is 18.3. The summed E-state index contributed by atoms with van der Waals surface area (Å²) in [5.41, 5.74) is -0.522. The fraction of sp³-hybridized carbons (Fsp3) is 0.632. The van der Waals surface area contributed by atoms with Gasteiger partial charge >= 0.3 is 35.7 Å². The Morgan fingerprint density at radius 2 is 1.85 bits per heavy atom. The number of amides is 4. The van der Waals surface area contributed by atoms with Gasteiger partial charge in [0.15, 0.2) is 0 Å². The third kappa shape index (κ3) is 8.92. The van der Waals surface area contributed by atoms with E-state index in [0.29, 0.717) is 41.7 Å². The molecule has 7 atom stereocenters. The number of sulfonamides is 1. The van der Waals surface area contributed by atoms with E-state index in [-0.39, 0.29) is 66.8 Å². The summed E-state index contributed by atoms with van der Waals surface area (Å²) in [6.07, 6.45) is 5.77. The van der Waals surface area contributed by atoms with E-state index in [1.165, 1.54) is 11.0 Å². The average molecular weight is 789 g/mol. The first-order valence-corrected chi connectivity index (χ1v) is 20.4. The Balaban J connectivity index is 0.00000514. The Labute approximate surface area is 343 Å². The van der Waals surface area contributed by atoms with E-state index in [9.17, 15) is 27.6 Å². The largest absolute Gasteiger partial charge is 1.00 e. The fourth-order valence-corrected chi connectivity index (χ4v) is 8.85. The van der Waals surface area contributed by atoms with Crippen molar-refractivity contribution in [2.75, 3.05) is 13.7 Å². The quantitative estimate of drug-likeness (QED) is 0.301. The minimum atomic E-state index is -4.03. The first-order valence-electron chi connectivity index (χ1n) is 18.9. The zero-order valence-electron chi connectivity index (χ0n) is 32.2. The molecule has 2 aliphatic heterocycles. The minimum Gasteiger partial charge on any atom is -0.544 e. The van der Waals surface area contributed by atoms with Gasteiger partial charge in [-0.05, 0) is 68.4 Å². The van der Waals surface area contributed by atoms with Gasteiger partial charge in [0.25, 0.3) is 0 Å². The molecule has 2 N–H and O–H groups in total. The van der Waals surface area contributed by atoms with Crippen molar-refractivity contribution in [2.24, 2.45) is 17.3 Å². The van der Waals surface area contributed by atoms with Gasteiger partial charge in [0.1, 0.15) is 35.7 Å². The van der Waals surface area contributed by atoms with Crippen molar-refractivity contribution in [1.82, 2.24) is 25.5 Å². The van der Waals surface area contributed by atoms with Gasteiger partial charge in [-0.1, -0.05) is 39.7 Å².